The van der Waals surface area contributed by atoms with Gasteiger partial charge in [0.1, 0.15) is 5.75 Å². The molecule has 2 heteroatoms. The van der Waals surface area contributed by atoms with Crippen LogP contribution in [0.25, 0.3) is 0 Å². The highest BCUT2D eigenvalue weighted by Gasteiger charge is 2.35. The van der Waals surface area contributed by atoms with Crippen LogP contribution in [0.5, 0.6) is 5.75 Å². The fourth-order valence-corrected chi connectivity index (χ4v) is 2.47. The fourth-order valence-electron chi connectivity index (χ4n) is 2.47. The van der Waals surface area contributed by atoms with Crippen molar-refractivity contribution in [3.05, 3.63) is 29.8 Å². The molecule has 1 fully saturated rings. The summed E-state index contributed by atoms with van der Waals surface area (Å²) in [5.41, 5.74) is 1.40. The topological polar surface area (TPSA) is 29.5 Å². The van der Waals surface area contributed by atoms with Gasteiger partial charge in [0, 0.05) is 0 Å². The van der Waals surface area contributed by atoms with Crippen molar-refractivity contribution >= 4 is 0 Å². The molecule has 2 rings (SSSR count). The molecule has 0 aliphatic heterocycles. The van der Waals surface area contributed by atoms with Crippen LogP contribution in [0.3, 0.4) is 0 Å². The Morgan fingerprint density at radius 3 is 2.87 bits per heavy atom. The molecule has 2 atom stereocenters. The summed E-state index contributed by atoms with van der Waals surface area (Å²) in [6.07, 6.45) is 2.69. The van der Waals surface area contributed by atoms with E-state index in [4.69, 9.17) is 4.74 Å². The van der Waals surface area contributed by atoms with E-state index in [1.807, 2.05) is 12.1 Å². The van der Waals surface area contributed by atoms with Gasteiger partial charge in [-0.15, -0.1) is 0 Å². The van der Waals surface area contributed by atoms with Crippen LogP contribution >= 0.6 is 0 Å². The minimum atomic E-state index is -0.138. The monoisotopic (exact) mass is 206 g/mol. The first-order valence-corrected chi connectivity index (χ1v) is 5.47. The maximum absolute atomic E-state index is 9.62. The van der Waals surface area contributed by atoms with E-state index in [2.05, 4.69) is 19.1 Å². The first-order valence-electron chi connectivity index (χ1n) is 5.47. The molecule has 0 saturated heterocycles. The first kappa shape index (κ1) is 10.5. The SMILES string of the molecule is COc1cccc(C2(C)CCC(O)C2)c1. The zero-order chi connectivity index (χ0) is 10.9. The molecular weight excluding hydrogens is 188 g/mol. The summed E-state index contributed by atoms with van der Waals surface area (Å²) in [6.45, 7) is 2.22. The third kappa shape index (κ3) is 2.00. The van der Waals surface area contributed by atoms with Crippen LogP contribution in [-0.4, -0.2) is 18.3 Å². The molecule has 0 radical (unpaired) electrons. The van der Waals surface area contributed by atoms with E-state index in [0.717, 1.165) is 25.0 Å². The molecule has 0 heterocycles. The average molecular weight is 206 g/mol. The number of hydrogen-bond donors (Lipinski definition) is 1. The van der Waals surface area contributed by atoms with Crippen LogP contribution in [0.1, 0.15) is 31.7 Å². The Morgan fingerprint density at radius 1 is 1.47 bits per heavy atom. The standard InChI is InChI=1S/C13H18O2/c1-13(7-6-11(14)9-13)10-4-3-5-12(8-10)15-2/h3-5,8,11,14H,6-7,9H2,1-2H3. The third-order valence-corrected chi connectivity index (χ3v) is 3.48. The summed E-state index contributed by atoms with van der Waals surface area (Å²) >= 11 is 0. The maximum Gasteiger partial charge on any atom is 0.119 e. The number of aliphatic hydroxyl groups excluding tert-OH is 1. The molecule has 1 N–H and O–H groups in total. The number of benzene rings is 1. The van der Waals surface area contributed by atoms with Crippen molar-refractivity contribution in [1.29, 1.82) is 0 Å². The van der Waals surface area contributed by atoms with Crippen LogP contribution in [0.15, 0.2) is 24.3 Å². The molecule has 1 saturated carbocycles. The Morgan fingerprint density at radius 2 is 2.27 bits per heavy atom. The molecule has 1 aliphatic carbocycles. The van der Waals surface area contributed by atoms with Gasteiger partial charge in [0.25, 0.3) is 0 Å². The summed E-state index contributed by atoms with van der Waals surface area (Å²) in [6, 6.07) is 8.18. The Balaban J connectivity index is 2.28. The van der Waals surface area contributed by atoms with Crippen molar-refractivity contribution in [3.8, 4) is 5.75 Å². The van der Waals surface area contributed by atoms with E-state index in [-0.39, 0.29) is 11.5 Å². The average Bonchev–Trinajstić information content (AvgIpc) is 2.60. The summed E-state index contributed by atoms with van der Waals surface area (Å²) in [5.74, 6) is 0.898. The van der Waals surface area contributed by atoms with Crippen LogP contribution < -0.4 is 4.74 Å². The van der Waals surface area contributed by atoms with E-state index < -0.39 is 0 Å². The van der Waals surface area contributed by atoms with E-state index >= 15 is 0 Å². The van der Waals surface area contributed by atoms with Crippen molar-refractivity contribution in [2.45, 2.75) is 37.7 Å². The second-order valence-electron chi connectivity index (χ2n) is 4.69. The molecule has 0 spiro atoms. The van der Waals surface area contributed by atoms with Crippen molar-refractivity contribution in [2.75, 3.05) is 7.11 Å². The quantitative estimate of drug-likeness (QED) is 0.805. The van der Waals surface area contributed by atoms with Gasteiger partial charge >= 0.3 is 0 Å². The van der Waals surface area contributed by atoms with E-state index in [1.54, 1.807) is 7.11 Å². The third-order valence-electron chi connectivity index (χ3n) is 3.48. The molecule has 1 aliphatic rings. The number of methoxy groups -OCH3 is 1. The zero-order valence-corrected chi connectivity index (χ0v) is 9.36. The minimum absolute atomic E-state index is 0.119. The van der Waals surface area contributed by atoms with E-state index in [1.165, 1.54) is 5.56 Å². The van der Waals surface area contributed by atoms with Gasteiger partial charge in [-0.1, -0.05) is 19.1 Å². The maximum atomic E-state index is 9.62. The molecule has 0 aromatic heterocycles. The highest BCUT2D eigenvalue weighted by atomic mass is 16.5. The molecule has 15 heavy (non-hydrogen) atoms. The number of ether oxygens (including phenoxy) is 1. The smallest absolute Gasteiger partial charge is 0.119 e. The van der Waals surface area contributed by atoms with Crippen molar-refractivity contribution in [1.82, 2.24) is 0 Å². The molecular formula is C13H18O2. The van der Waals surface area contributed by atoms with Gasteiger partial charge in [0.05, 0.1) is 13.2 Å². The van der Waals surface area contributed by atoms with Gasteiger partial charge in [-0.25, -0.2) is 0 Å². The second-order valence-corrected chi connectivity index (χ2v) is 4.69. The fraction of sp³-hybridized carbons (Fsp3) is 0.538. The Labute approximate surface area is 90.9 Å². The lowest BCUT2D eigenvalue weighted by atomic mass is 9.81. The number of hydrogen-bond acceptors (Lipinski definition) is 2. The summed E-state index contributed by atoms with van der Waals surface area (Å²) in [4.78, 5) is 0. The Kier molecular flexibility index (Phi) is 2.70. The van der Waals surface area contributed by atoms with Gasteiger partial charge in [0.2, 0.25) is 0 Å². The van der Waals surface area contributed by atoms with Gasteiger partial charge in [-0.05, 0) is 42.4 Å². The number of aliphatic hydroxyl groups is 1. The predicted octanol–water partition coefficient (Wildman–Crippen LogP) is 2.50. The van der Waals surface area contributed by atoms with Crippen LogP contribution in [0.4, 0.5) is 0 Å². The van der Waals surface area contributed by atoms with E-state index in [0.29, 0.717) is 0 Å². The van der Waals surface area contributed by atoms with Gasteiger partial charge in [-0.2, -0.15) is 0 Å². The zero-order valence-electron chi connectivity index (χ0n) is 9.36. The Bertz CT molecular complexity index is 348. The van der Waals surface area contributed by atoms with Crippen LogP contribution in [-0.2, 0) is 5.41 Å². The number of rotatable bonds is 2. The van der Waals surface area contributed by atoms with Gasteiger partial charge < -0.3 is 9.84 Å². The lowest BCUT2D eigenvalue weighted by Crippen LogP contribution is -2.18. The molecule has 0 bridgehead atoms. The Hall–Kier alpha value is -1.02. The van der Waals surface area contributed by atoms with E-state index in [9.17, 15) is 5.11 Å². The summed E-state index contributed by atoms with van der Waals surface area (Å²) < 4.78 is 5.22. The van der Waals surface area contributed by atoms with Crippen molar-refractivity contribution in [3.63, 3.8) is 0 Å². The van der Waals surface area contributed by atoms with Gasteiger partial charge in [0.15, 0.2) is 0 Å². The minimum Gasteiger partial charge on any atom is -0.497 e. The summed E-state index contributed by atoms with van der Waals surface area (Å²) in [5, 5.41) is 9.62. The molecule has 1 aromatic carbocycles. The summed E-state index contributed by atoms with van der Waals surface area (Å²) in [7, 11) is 1.69. The van der Waals surface area contributed by atoms with Crippen LogP contribution in [0, 0.1) is 0 Å². The van der Waals surface area contributed by atoms with Crippen molar-refractivity contribution in [2.24, 2.45) is 0 Å². The highest BCUT2D eigenvalue weighted by Crippen LogP contribution is 2.41. The molecule has 1 aromatic rings. The highest BCUT2D eigenvalue weighted by molar-refractivity contribution is 5.34. The van der Waals surface area contributed by atoms with Crippen molar-refractivity contribution < 1.29 is 9.84 Å². The molecule has 0 amide bonds. The molecule has 82 valence electrons. The molecule has 2 unspecified atom stereocenters. The lowest BCUT2D eigenvalue weighted by Gasteiger charge is -2.24. The first-order chi connectivity index (χ1) is 7.14. The van der Waals surface area contributed by atoms with Gasteiger partial charge in [-0.3, -0.25) is 0 Å². The molecule has 2 nitrogen and oxygen atoms in total. The van der Waals surface area contributed by atoms with Crippen LogP contribution in [0.2, 0.25) is 0 Å². The predicted molar refractivity (Wildman–Crippen MR) is 60.2 cm³/mol. The second kappa shape index (κ2) is 3.86. The normalized spacial score (nSPS) is 30.5. The largest absolute Gasteiger partial charge is 0.497 e. The lowest BCUT2D eigenvalue weighted by molar-refractivity contribution is 0.175.